The van der Waals surface area contributed by atoms with Crippen molar-refractivity contribution in [2.24, 2.45) is 5.84 Å². The van der Waals surface area contributed by atoms with Gasteiger partial charge in [-0.1, -0.05) is 24.3 Å². The molecule has 23 heavy (non-hydrogen) atoms. The van der Waals surface area contributed by atoms with E-state index in [9.17, 15) is 15.0 Å². The summed E-state index contributed by atoms with van der Waals surface area (Å²) < 4.78 is 0. The van der Waals surface area contributed by atoms with Crippen molar-refractivity contribution >= 4 is 11.7 Å². The van der Waals surface area contributed by atoms with E-state index in [4.69, 9.17) is 5.84 Å². The first-order valence-corrected chi connectivity index (χ1v) is 7.31. The molecule has 4 N–H and O–H groups in total. The quantitative estimate of drug-likeness (QED) is 0.449. The van der Waals surface area contributed by atoms with Crippen molar-refractivity contribution in [1.29, 1.82) is 0 Å². The molecule has 7 heteroatoms. The van der Waals surface area contributed by atoms with Crippen molar-refractivity contribution in [3.05, 3.63) is 59.7 Å². The summed E-state index contributed by atoms with van der Waals surface area (Å²) in [6, 6.07) is 14.0. The third-order valence-electron chi connectivity index (χ3n) is 4.39. The van der Waals surface area contributed by atoms with E-state index in [2.05, 4.69) is 5.01 Å². The van der Waals surface area contributed by atoms with Gasteiger partial charge in [-0.15, -0.1) is 5.12 Å². The molecular formula is C16H16N4O3. The molecule has 0 amide bonds. The van der Waals surface area contributed by atoms with Crippen molar-refractivity contribution in [3.63, 3.8) is 0 Å². The number of aromatic carboxylic acids is 1. The number of nitrogens with zero attached hydrogens (tertiary/aromatic N) is 3. The molecule has 2 heterocycles. The second-order valence-electron chi connectivity index (χ2n) is 5.69. The van der Waals surface area contributed by atoms with Crippen LogP contribution in [0.4, 0.5) is 5.69 Å². The first-order chi connectivity index (χ1) is 11.1. The number of carboxylic acid groups (broad SMARTS) is 1. The number of anilines is 1. The lowest BCUT2D eigenvalue weighted by atomic mass is 9.98. The minimum atomic E-state index is -1.00. The molecule has 4 rings (SSSR count). The van der Waals surface area contributed by atoms with E-state index in [-0.39, 0.29) is 23.5 Å². The molecule has 118 valence electrons. The second-order valence-corrected chi connectivity index (χ2v) is 5.69. The van der Waals surface area contributed by atoms with E-state index in [0.29, 0.717) is 5.69 Å². The Hall–Kier alpha value is -2.61. The van der Waals surface area contributed by atoms with E-state index in [1.54, 1.807) is 30.3 Å². The lowest BCUT2D eigenvalue weighted by Gasteiger charge is -2.25. The van der Waals surface area contributed by atoms with E-state index in [0.717, 1.165) is 12.0 Å². The van der Waals surface area contributed by atoms with Gasteiger partial charge in [0.2, 0.25) is 0 Å². The third-order valence-corrected chi connectivity index (χ3v) is 4.39. The number of benzene rings is 2. The summed E-state index contributed by atoms with van der Waals surface area (Å²) in [6.45, 7) is 0. The summed E-state index contributed by atoms with van der Waals surface area (Å²) in [4.78, 5) is 11.3. The number of carboxylic acids is 1. The van der Waals surface area contributed by atoms with Gasteiger partial charge >= 0.3 is 5.97 Å². The van der Waals surface area contributed by atoms with E-state index >= 15 is 0 Å². The molecule has 2 fully saturated rings. The number of hydrogen-bond donors (Lipinski definition) is 3. The molecule has 0 aliphatic carbocycles. The Morgan fingerprint density at radius 1 is 1.17 bits per heavy atom. The molecule has 2 aliphatic heterocycles. The number of aromatic hydroxyl groups is 1. The molecular weight excluding hydrogens is 296 g/mol. The van der Waals surface area contributed by atoms with E-state index in [1.165, 1.54) is 11.2 Å². The van der Waals surface area contributed by atoms with Gasteiger partial charge in [0.05, 0.1) is 17.3 Å². The smallest absolute Gasteiger partial charge is 0.337 e. The second kappa shape index (κ2) is 4.95. The van der Waals surface area contributed by atoms with Gasteiger partial charge in [0, 0.05) is 6.42 Å². The highest BCUT2D eigenvalue weighted by molar-refractivity contribution is 5.94. The third kappa shape index (κ3) is 2.14. The number of hydrogen-bond acceptors (Lipinski definition) is 6. The number of phenols is 1. The zero-order valence-corrected chi connectivity index (χ0v) is 12.2. The Morgan fingerprint density at radius 3 is 2.57 bits per heavy atom. The molecule has 0 aromatic heterocycles. The minimum absolute atomic E-state index is 0.170. The van der Waals surface area contributed by atoms with E-state index in [1.807, 2.05) is 17.3 Å². The van der Waals surface area contributed by atoms with Gasteiger partial charge in [-0.2, -0.15) is 5.01 Å². The number of fused-ring (bicyclic) bond motifs is 1. The number of nitrogens with two attached hydrogens (primary N) is 1. The highest BCUT2D eigenvalue weighted by Gasteiger charge is 2.62. The van der Waals surface area contributed by atoms with Gasteiger partial charge in [-0.25, -0.2) is 15.8 Å². The normalized spacial score (nSPS) is 27.7. The number of para-hydroxylation sites is 1. The van der Waals surface area contributed by atoms with Crippen LogP contribution in [0.15, 0.2) is 48.5 Å². The summed E-state index contributed by atoms with van der Waals surface area (Å²) in [5.74, 6) is 5.37. The van der Waals surface area contributed by atoms with Crippen LogP contribution >= 0.6 is 0 Å². The zero-order chi connectivity index (χ0) is 16.1. The first kappa shape index (κ1) is 14.0. The maximum atomic E-state index is 11.3. The highest BCUT2D eigenvalue weighted by Crippen LogP contribution is 2.53. The van der Waals surface area contributed by atoms with Crippen molar-refractivity contribution in [2.45, 2.75) is 18.6 Å². The highest BCUT2D eigenvalue weighted by atomic mass is 16.4. The fourth-order valence-electron chi connectivity index (χ4n) is 3.14. The molecule has 2 aromatic carbocycles. The van der Waals surface area contributed by atoms with Gasteiger partial charge in [-0.3, -0.25) is 0 Å². The molecule has 2 saturated heterocycles. The summed E-state index contributed by atoms with van der Waals surface area (Å²) in [7, 11) is 0. The SMILES string of the molecule is NN(c1ccccc1C(=O)O)N1C2CC(c3ccc(O)cc3)N21. The van der Waals surface area contributed by atoms with Crippen LogP contribution in [0.25, 0.3) is 0 Å². The van der Waals surface area contributed by atoms with Crippen LogP contribution in [-0.4, -0.2) is 32.5 Å². The topological polar surface area (TPSA) is 92.8 Å². The average Bonchev–Trinajstić information content (AvgIpc) is 3.12. The van der Waals surface area contributed by atoms with Crippen LogP contribution in [-0.2, 0) is 0 Å². The molecule has 0 bridgehead atoms. The van der Waals surface area contributed by atoms with Crippen molar-refractivity contribution < 1.29 is 15.0 Å². The van der Waals surface area contributed by atoms with Crippen LogP contribution in [0.5, 0.6) is 5.75 Å². The average molecular weight is 312 g/mol. The standard InChI is InChI=1S/C16H16N4O3/c17-19(13-4-2-1-3-12(13)16(22)23)20-15-9-14(18(15)20)10-5-7-11(21)8-6-10/h1-8,14-15,21H,9,17H2,(H,22,23). The Morgan fingerprint density at radius 2 is 1.87 bits per heavy atom. The molecule has 2 aliphatic rings. The maximum Gasteiger partial charge on any atom is 0.337 e. The van der Waals surface area contributed by atoms with E-state index < -0.39 is 5.97 Å². The molecule has 2 aromatic rings. The largest absolute Gasteiger partial charge is 0.508 e. The summed E-state index contributed by atoms with van der Waals surface area (Å²) in [5.41, 5.74) is 1.73. The van der Waals surface area contributed by atoms with Gasteiger partial charge < -0.3 is 10.2 Å². The molecule has 7 nitrogen and oxygen atoms in total. The Balaban J connectivity index is 1.54. The van der Waals surface area contributed by atoms with Crippen LogP contribution < -0.4 is 11.0 Å². The van der Waals surface area contributed by atoms with Crippen molar-refractivity contribution in [3.8, 4) is 5.75 Å². The van der Waals surface area contributed by atoms with Crippen molar-refractivity contribution in [2.75, 3.05) is 5.12 Å². The summed E-state index contributed by atoms with van der Waals surface area (Å²) in [6.07, 6.45) is 1.11. The van der Waals surface area contributed by atoms with Gasteiger partial charge in [-0.05, 0) is 29.8 Å². The Kier molecular flexibility index (Phi) is 3.02. The van der Waals surface area contributed by atoms with Crippen LogP contribution in [0.2, 0.25) is 0 Å². The molecule has 4 unspecified atom stereocenters. The maximum absolute atomic E-state index is 11.3. The number of phenolic OH excluding ortho intramolecular Hbond substituents is 1. The molecule has 0 saturated carbocycles. The predicted molar refractivity (Wildman–Crippen MR) is 83.0 cm³/mol. The fourth-order valence-corrected chi connectivity index (χ4v) is 3.14. The minimum Gasteiger partial charge on any atom is -0.508 e. The van der Waals surface area contributed by atoms with Crippen LogP contribution in [0, 0.1) is 0 Å². The lowest BCUT2D eigenvalue weighted by molar-refractivity contribution is 0.0696. The predicted octanol–water partition coefficient (Wildman–Crippen LogP) is 1.69. The number of hydrazine groups is 3. The Labute approximate surface area is 132 Å². The Bertz CT molecular complexity index is 764. The van der Waals surface area contributed by atoms with Crippen LogP contribution in [0.3, 0.4) is 0 Å². The first-order valence-electron chi connectivity index (χ1n) is 7.31. The zero-order valence-electron chi connectivity index (χ0n) is 12.2. The monoisotopic (exact) mass is 312 g/mol. The number of carbonyl (C=O) groups is 1. The molecule has 4 atom stereocenters. The lowest BCUT2D eigenvalue weighted by Crippen LogP contribution is -2.39. The summed E-state index contributed by atoms with van der Waals surface area (Å²) in [5, 5.41) is 24.0. The molecule has 0 spiro atoms. The van der Waals surface area contributed by atoms with Crippen LogP contribution in [0.1, 0.15) is 28.4 Å². The number of rotatable bonds is 4. The van der Waals surface area contributed by atoms with Gasteiger partial charge in [0.1, 0.15) is 11.9 Å². The van der Waals surface area contributed by atoms with Gasteiger partial charge in [0.15, 0.2) is 0 Å². The molecule has 0 radical (unpaired) electrons. The fraction of sp³-hybridized carbons (Fsp3) is 0.188. The van der Waals surface area contributed by atoms with Crippen molar-refractivity contribution in [1.82, 2.24) is 10.1 Å². The summed E-state index contributed by atoms with van der Waals surface area (Å²) >= 11 is 0. The van der Waals surface area contributed by atoms with Gasteiger partial charge in [0.25, 0.3) is 0 Å².